The molecule has 0 bridgehead atoms. The predicted molar refractivity (Wildman–Crippen MR) is 114 cm³/mol. The molecular weight excluding hydrogens is 410 g/mol. The van der Waals surface area contributed by atoms with Gasteiger partial charge in [0.1, 0.15) is 40.3 Å². The number of hydrogen-bond donors (Lipinski definition) is 3. The molecule has 3 heterocycles. The Bertz CT molecular complexity index is 1230. The van der Waals surface area contributed by atoms with Crippen LogP contribution in [0.5, 0.6) is 0 Å². The summed E-state index contributed by atoms with van der Waals surface area (Å²) in [7, 11) is -1.46. The lowest BCUT2D eigenvalue weighted by atomic mass is 10.1. The SMILES string of the molecule is CCCS(=O)Nc1ccc(F)c(Nc2ncccc2-c2ncnc3[nH]ccc23)c1F. The summed E-state index contributed by atoms with van der Waals surface area (Å²) in [5, 5.41) is 3.49. The van der Waals surface area contributed by atoms with E-state index in [0.717, 1.165) is 11.5 Å². The zero-order chi connectivity index (χ0) is 21.1. The first kappa shape index (κ1) is 19.9. The molecule has 3 aromatic heterocycles. The maximum atomic E-state index is 15.0. The number of hydrogen-bond acceptors (Lipinski definition) is 5. The largest absolute Gasteiger partial charge is 0.346 e. The van der Waals surface area contributed by atoms with Crippen molar-refractivity contribution in [2.45, 2.75) is 13.3 Å². The number of benzene rings is 1. The van der Waals surface area contributed by atoms with Crippen molar-refractivity contribution in [3.63, 3.8) is 0 Å². The van der Waals surface area contributed by atoms with Gasteiger partial charge in [0, 0.05) is 29.1 Å². The molecule has 0 radical (unpaired) electrons. The zero-order valence-corrected chi connectivity index (χ0v) is 16.8. The number of H-pyrrole nitrogens is 1. The van der Waals surface area contributed by atoms with Crippen LogP contribution in [0.15, 0.2) is 49.1 Å². The molecule has 0 spiro atoms. The van der Waals surface area contributed by atoms with Gasteiger partial charge in [-0.1, -0.05) is 6.92 Å². The van der Waals surface area contributed by atoms with Gasteiger partial charge in [0.25, 0.3) is 0 Å². The van der Waals surface area contributed by atoms with Gasteiger partial charge in [-0.2, -0.15) is 0 Å². The molecule has 1 aromatic carbocycles. The number of halogens is 2. The van der Waals surface area contributed by atoms with E-state index in [4.69, 9.17) is 0 Å². The summed E-state index contributed by atoms with van der Waals surface area (Å²) in [6.45, 7) is 1.87. The van der Waals surface area contributed by atoms with Crippen LogP contribution in [-0.2, 0) is 11.0 Å². The van der Waals surface area contributed by atoms with E-state index in [-0.39, 0.29) is 11.5 Å². The lowest BCUT2D eigenvalue weighted by Gasteiger charge is -2.15. The van der Waals surface area contributed by atoms with E-state index < -0.39 is 28.3 Å². The second kappa shape index (κ2) is 8.54. The van der Waals surface area contributed by atoms with Crippen molar-refractivity contribution in [3.8, 4) is 11.3 Å². The Morgan fingerprint density at radius 1 is 1.13 bits per heavy atom. The average Bonchev–Trinajstić information content (AvgIpc) is 3.23. The highest BCUT2D eigenvalue weighted by Crippen LogP contribution is 2.34. The molecule has 4 rings (SSSR count). The lowest BCUT2D eigenvalue weighted by molar-refractivity contribution is 0.593. The van der Waals surface area contributed by atoms with Crippen molar-refractivity contribution in [1.82, 2.24) is 19.9 Å². The number of fused-ring (bicyclic) bond motifs is 1. The Labute approximate surface area is 173 Å². The summed E-state index contributed by atoms with van der Waals surface area (Å²) in [6, 6.07) is 7.60. The lowest BCUT2D eigenvalue weighted by Crippen LogP contribution is -2.11. The molecular formula is C20H18F2N6OS. The third kappa shape index (κ3) is 3.86. The van der Waals surface area contributed by atoms with Gasteiger partial charge >= 0.3 is 0 Å². The molecule has 0 saturated carbocycles. The quantitative estimate of drug-likeness (QED) is 0.402. The minimum Gasteiger partial charge on any atom is -0.346 e. The molecule has 154 valence electrons. The number of rotatable bonds is 7. The molecule has 30 heavy (non-hydrogen) atoms. The highest BCUT2D eigenvalue weighted by atomic mass is 32.2. The highest BCUT2D eigenvalue weighted by molar-refractivity contribution is 7.86. The molecule has 0 saturated heterocycles. The van der Waals surface area contributed by atoms with Crippen LogP contribution < -0.4 is 10.0 Å². The van der Waals surface area contributed by atoms with Gasteiger partial charge in [-0.15, -0.1) is 0 Å². The molecule has 0 amide bonds. The van der Waals surface area contributed by atoms with Gasteiger partial charge in [0.2, 0.25) is 0 Å². The Balaban J connectivity index is 1.74. The topological polar surface area (TPSA) is 95.6 Å². The summed E-state index contributed by atoms with van der Waals surface area (Å²) < 4.78 is 44.0. The Morgan fingerprint density at radius 3 is 2.83 bits per heavy atom. The van der Waals surface area contributed by atoms with E-state index in [2.05, 4.69) is 30.0 Å². The molecule has 4 aromatic rings. The van der Waals surface area contributed by atoms with Crippen LogP contribution in [0, 0.1) is 11.6 Å². The predicted octanol–water partition coefficient (Wildman–Crippen LogP) is 4.53. The normalized spacial score (nSPS) is 12.1. The fraction of sp³-hybridized carbons (Fsp3) is 0.150. The number of aromatic amines is 1. The van der Waals surface area contributed by atoms with Crippen LogP contribution in [0.4, 0.5) is 26.0 Å². The molecule has 0 aliphatic carbocycles. The number of aromatic nitrogens is 4. The van der Waals surface area contributed by atoms with Gasteiger partial charge in [0.15, 0.2) is 5.82 Å². The molecule has 0 fully saturated rings. The third-order valence-electron chi connectivity index (χ3n) is 4.36. The monoisotopic (exact) mass is 428 g/mol. The minimum absolute atomic E-state index is 0.0572. The molecule has 10 heteroatoms. The first-order chi connectivity index (χ1) is 14.6. The molecule has 7 nitrogen and oxygen atoms in total. The van der Waals surface area contributed by atoms with Gasteiger partial charge < -0.3 is 15.0 Å². The fourth-order valence-electron chi connectivity index (χ4n) is 3.01. The summed E-state index contributed by atoms with van der Waals surface area (Å²) in [6.07, 6.45) is 5.31. The van der Waals surface area contributed by atoms with Gasteiger partial charge in [-0.05, 0) is 36.8 Å². The molecule has 1 atom stereocenters. The van der Waals surface area contributed by atoms with Gasteiger partial charge in [-0.25, -0.2) is 27.9 Å². The van der Waals surface area contributed by atoms with Crippen LogP contribution in [0.2, 0.25) is 0 Å². The number of nitrogens with zero attached hydrogens (tertiary/aromatic N) is 3. The maximum absolute atomic E-state index is 15.0. The van der Waals surface area contributed by atoms with E-state index in [9.17, 15) is 13.0 Å². The summed E-state index contributed by atoms with van der Waals surface area (Å²) in [4.78, 5) is 15.7. The van der Waals surface area contributed by atoms with E-state index in [0.29, 0.717) is 29.1 Å². The van der Waals surface area contributed by atoms with Crippen molar-refractivity contribution in [3.05, 3.63) is 60.7 Å². The molecule has 0 aliphatic heterocycles. The fourth-order valence-corrected chi connectivity index (χ4v) is 3.88. The standard InChI is InChI=1S/C20H18F2N6OS/c1-2-10-30(29)28-15-6-5-14(21)18(16(15)22)27-20-12(4-3-8-23-20)17-13-7-9-24-19(13)26-11-25-17/h3-9,11,28H,2,10H2,1H3,(H,23,27)(H,24,25,26). The summed E-state index contributed by atoms with van der Waals surface area (Å²) in [5.74, 6) is -1.11. The Kier molecular flexibility index (Phi) is 5.66. The number of anilines is 3. The molecule has 0 aliphatic rings. The van der Waals surface area contributed by atoms with Crippen molar-refractivity contribution < 1.29 is 13.0 Å². The first-order valence-electron chi connectivity index (χ1n) is 9.22. The third-order valence-corrected chi connectivity index (χ3v) is 5.59. The second-order valence-electron chi connectivity index (χ2n) is 6.42. The summed E-state index contributed by atoms with van der Waals surface area (Å²) in [5.41, 5.74) is 1.30. The highest BCUT2D eigenvalue weighted by Gasteiger charge is 2.19. The molecule has 1 unspecified atom stereocenters. The van der Waals surface area contributed by atoms with Crippen molar-refractivity contribution in [2.24, 2.45) is 0 Å². The summed E-state index contributed by atoms with van der Waals surface area (Å²) >= 11 is 0. The van der Waals surface area contributed by atoms with Crippen molar-refractivity contribution in [1.29, 1.82) is 0 Å². The van der Waals surface area contributed by atoms with Crippen LogP contribution in [0.25, 0.3) is 22.3 Å². The Hall–Kier alpha value is -3.40. The van der Waals surface area contributed by atoms with E-state index >= 15 is 0 Å². The van der Waals surface area contributed by atoms with Crippen molar-refractivity contribution in [2.75, 3.05) is 15.8 Å². The second-order valence-corrected chi connectivity index (χ2v) is 7.73. The minimum atomic E-state index is -1.46. The smallest absolute Gasteiger partial charge is 0.173 e. The zero-order valence-electron chi connectivity index (χ0n) is 15.9. The van der Waals surface area contributed by atoms with E-state index in [1.54, 1.807) is 18.3 Å². The number of nitrogens with one attached hydrogen (secondary N) is 3. The van der Waals surface area contributed by atoms with Crippen LogP contribution in [0.3, 0.4) is 0 Å². The first-order valence-corrected chi connectivity index (χ1v) is 10.5. The van der Waals surface area contributed by atoms with Gasteiger partial charge in [-0.3, -0.25) is 0 Å². The van der Waals surface area contributed by atoms with Crippen LogP contribution in [-0.4, -0.2) is 29.9 Å². The Morgan fingerprint density at radius 2 is 2.00 bits per heavy atom. The maximum Gasteiger partial charge on any atom is 0.173 e. The van der Waals surface area contributed by atoms with E-state index in [1.165, 1.54) is 18.6 Å². The van der Waals surface area contributed by atoms with Crippen LogP contribution >= 0.6 is 0 Å². The van der Waals surface area contributed by atoms with Crippen LogP contribution in [0.1, 0.15) is 13.3 Å². The van der Waals surface area contributed by atoms with E-state index in [1.807, 2.05) is 13.0 Å². The van der Waals surface area contributed by atoms with Gasteiger partial charge in [0.05, 0.1) is 11.4 Å². The number of pyridine rings is 1. The molecule has 3 N–H and O–H groups in total. The average molecular weight is 428 g/mol. The van der Waals surface area contributed by atoms with Crippen molar-refractivity contribution >= 4 is 39.2 Å².